The molecule has 2 heteroatoms. The van der Waals surface area contributed by atoms with E-state index in [2.05, 4.69) is 52.5 Å². The maximum Gasteiger partial charge on any atom is 0.0422 e. The number of rotatable bonds is 1. The van der Waals surface area contributed by atoms with Gasteiger partial charge >= 0.3 is 0 Å². The Labute approximate surface area is 93.6 Å². The highest BCUT2D eigenvalue weighted by Crippen LogP contribution is 2.30. The normalized spacial score (nSPS) is 16.4. The molecule has 1 nitrogen and oxygen atoms in total. The van der Waals surface area contributed by atoms with Crippen molar-refractivity contribution >= 4 is 21.6 Å². The van der Waals surface area contributed by atoms with Crippen LogP contribution in [-0.2, 0) is 0 Å². The molecule has 1 saturated heterocycles. The van der Waals surface area contributed by atoms with Crippen molar-refractivity contribution in [3.05, 3.63) is 40.5 Å². The van der Waals surface area contributed by atoms with E-state index in [-0.39, 0.29) is 0 Å². The van der Waals surface area contributed by atoms with Crippen molar-refractivity contribution < 1.29 is 0 Å². The van der Waals surface area contributed by atoms with Crippen LogP contribution in [0.25, 0.3) is 0 Å². The van der Waals surface area contributed by atoms with Crippen molar-refractivity contribution in [2.75, 3.05) is 11.4 Å². The summed E-state index contributed by atoms with van der Waals surface area (Å²) in [5, 5.41) is 0. The Morgan fingerprint density at radius 2 is 2.14 bits per heavy atom. The highest BCUT2D eigenvalue weighted by molar-refractivity contribution is 9.10. The molecule has 2 rings (SSSR count). The van der Waals surface area contributed by atoms with Gasteiger partial charge in [-0.1, -0.05) is 22.5 Å². The van der Waals surface area contributed by atoms with Crippen LogP contribution in [0.3, 0.4) is 0 Å². The molecule has 0 spiro atoms. The van der Waals surface area contributed by atoms with E-state index in [0.29, 0.717) is 0 Å². The molecule has 0 N–H and O–H groups in total. The predicted octanol–water partition coefficient (Wildman–Crippen LogP) is 3.87. The smallest absolute Gasteiger partial charge is 0.0422 e. The van der Waals surface area contributed by atoms with E-state index in [1.807, 2.05) is 0 Å². The summed E-state index contributed by atoms with van der Waals surface area (Å²) in [6.45, 7) is 7.31. The van der Waals surface area contributed by atoms with E-state index in [9.17, 15) is 0 Å². The minimum Gasteiger partial charge on any atom is -0.346 e. The van der Waals surface area contributed by atoms with Crippen molar-refractivity contribution in [2.45, 2.75) is 19.8 Å². The molecule has 0 saturated carbocycles. The zero-order valence-corrected chi connectivity index (χ0v) is 9.97. The van der Waals surface area contributed by atoms with Crippen molar-refractivity contribution in [2.24, 2.45) is 0 Å². The second-order valence-electron chi connectivity index (χ2n) is 3.81. The van der Waals surface area contributed by atoms with Crippen LogP contribution in [-0.4, -0.2) is 6.54 Å². The zero-order valence-electron chi connectivity index (χ0n) is 8.39. The fourth-order valence-electron chi connectivity index (χ4n) is 1.92. The number of hydrogen-bond acceptors (Lipinski definition) is 1. The van der Waals surface area contributed by atoms with Crippen LogP contribution < -0.4 is 4.90 Å². The average molecular weight is 252 g/mol. The number of benzene rings is 1. The molecule has 74 valence electrons. The Bertz CT molecular complexity index is 350. The van der Waals surface area contributed by atoms with Gasteiger partial charge in [-0.2, -0.15) is 0 Å². The van der Waals surface area contributed by atoms with Crippen LogP contribution >= 0.6 is 15.9 Å². The van der Waals surface area contributed by atoms with E-state index < -0.39 is 0 Å². The fourth-order valence-corrected chi connectivity index (χ4v) is 2.51. The van der Waals surface area contributed by atoms with Crippen molar-refractivity contribution in [1.29, 1.82) is 0 Å². The number of aryl methyl sites for hydroxylation is 1. The number of anilines is 1. The SMILES string of the molecule is C=C1CCCN1c1cc(C)cc(Br)c1. The molecule has 1 aliphatic heterocycles. The molecule has 0 radical (unpaired) electrons. The van der Waals surface area contributed by atoms with Crippen LogP contribution in [0.5, 0.6) is 0 Å². The Balaban J connectivity index is 2.35. The van der Waals surface area contributed by atoms with Gasteiger partial charge in [-0.05, 0) is 43.5 Å². The minimum atomic E-state index is 1.11. The zero-order chi connectivity index (χ0) is 10.1. The molecule has 14 heavy (non-hydrogen) atoms. The van der Waals surface area contributed by atoms with Gasteiger partial charge in [0.1, 0.15) is 0 Å². The van der Waals surface area contributed by atoms with Crippen molar-refractivity contribution in [3.8, 4) is 0 Å². The standard InChI is InChI=1S/C12H14BrN/c1-9-6-11(13)8-12(7-9)14-5-3-4-10(14)2/h6-8H,2-5H2,1H3. The summed E-state index contributed by atoms with van der Waals surface area (Å²) in [5.41, 5.74) is 3.79. The first-order chi connectivity index (χ1) is 6.66. The van der Waals surface area contributed by atoms with Gasteiger partial charge in [-0.15, -0.1) is 0 Å². The summed E-state index contributed by atoms with van der Waals surface area (Å²) in [6.07, 6.45) is 2.36. The Morgan fingerprint density at radius 3 is 2.71 bits per heavy atom. The Kier molecular flexibility index (Phi) is 2.64. The molecular formula is C12H14BrN. The molecule has 0 bridgehead atoms. The molecule has 0 amide bonds. The summed E-state index contributed by atoms with van der Waals surface area (Å²) in [4.78, 5) is 2.30. The lowest BCUT2D eigenvalue weighted by molar-refractivity contribution is 0.955. The van der Waals surface area contributed by atoms with Crippen molar-refractivity contribution in [1.82, 2.24) is 0 Å². The van der Waals surface area contributed by atoms with Crippen LogP contribution in [0.4, 0.5) is 5.69 Å². The number of halogens is 1. The lowest BCUT2D eigenvalue weighted by atomic mass is 10.2. The largest absolute Gasteiger partial charge is 0.346 e. The second-order valence-corrected chi connectivity index (χ2v) is 4.72. The average Bonchev–Trinajstić information content (AvgIpc) is 2.49. The number of hydrogen-bond donors (Lipinski definition) is 0. The van der Waals surface area contributed by atoms with Crippen LogP contribution in [0, 0.1) is 6.92 Å². The molecule has 1 aromatic carbocycles. The first-order valence-corrected chi connectivity index (χ1v) is 5.68. The maximum absolute atomic E-state index is 4.08. The van der Waals surface area contributed by atoms with E-state index in [0.717, 1.165) is 17.4 Å². The van der Waals surface area contributed by atoms with Crippen LogP contribution in [0.15, 0.2) is 34.9 Å². The van der Waals surface area contributed by atoms with E-state index in [1.54, 1.807) is 0 Å². The maximum atomic E-state index is 4.08. The van der Waals surface area contributed by atoms with Gasteiger partial charge in [0.25, 0.3) is 0 Å². The third-order valence-corrected chi connectivity index (χ3v) is 3.03. The van der Waals surface area contributed by atoms with Crippen LogP contribution in [0.2, 0.25) is 0 Å². The second kappa shape index (κ2) is 3.77. The lowest BCUT2D eigenvalue weighted by Crippen LogP contribution is -2.15. The summed E-state index contributed by atoms with van der Waals surface area (Å²) >= 11 is 3.52. The predicted molar refractivity (Wildman–Crippen MR) is 64.6 cm³/mol. The Morgan fingerprint density at radius 1 is 1.36 bits per heavy atom. The van der Waals surface area contributed by atoms with Gasteiger partial charge in [0.15, 0.2) is 0 Å². The third kappa shape index (κ3) is 1.85. The minimum absolute atomic E-state index is 1.11. The van der Waals surface area contributed by atoms with E-state index >= 15 is 0 Å². The quantitative estimate of drug-likeness (QED) is 0.733. The molecular weight excluding hydrogens is 238 g/mol. The molecule has 0 aliphatic carbocycles. The monoisotopic (exact) mass is 251 g/mol. The molecule has 1 heterocycles. The van der Waals surface area contributed by atoms with Gasteiger partial charge in [0.05, 0.1) is 0 Å². The first kappa shape index (κ1) is 9.78. The van der Waals surface area contributed by atoms with Crippen LogP contribution in [0.1, 0.15) is 18.4 Å². The number of nitrogens with zero attached hydrogens (tertiary/aromatic N) is 1. The van der Waals surface area contributed by atoms with Gasteiger partial charge in [-0.25, -0.2) is 0 Å². The highest BCUT2D eigenvalue weighted by Gasteiger charge is 2.16. The highest BCUT2D eigenvalue weighted by atomic mass is 79.9. The summed E-state index contributed by atoms with van der Waals surface area (Å²) in [7, 11) is 0. The topological polar surface area (TPSA) is 3.24 Å². The first-order valence-electron chi connectivity index (χ1n) is 4.89. The number of allylic oxidation sites excluding steroid dienone is 1. The van der Waals surface area contributed by atoms with Gasteiger partial charge < -0.3 is 4.90 Å². The molecule has 1 aromatic rings. The molecule has 0 atom stereocenters. The third-order valence-electron chi connectivity index (χ3n) is 2.57. The summed E-state index contributed by atoms with van der Waals surface area (Å²) < 4.78 is 1.15. The summed E-state index contributed by atoms with van der Waals surface area (Å²) in [6, 6.07) is 6.49. The molecule has 0 aromatic heterocycles. The Hall–Kier alpha value is -0.760. The summed E-state index contributed by atoms with van der Waals surface area (Å²) in [5.74, 6) is 0. The molecule has 1 fully saturated rings. The van der Waals surface area contributed by atoms with Gasteiger partial charge in [0.2, 0.25) is 0 Å². The van der Waals surface area contributed by atoms with Gasteiger partial charge in [0, 0.05) is 22.4 Å². The van der Waals surface area contributed by atoms with Gasteiger partial charge in [-0.3, -0.25) is 0 Å². The van der Waals surface area contributed by atoms with E-state index in [1.165, 1.54) is 23.4 Å². The van der Waals surface area contributed by atoms with E-state index in [4.69, 9.17) is 0 Å². The lowest BCUT2D eigenvalue weighted by Gasteiger charge is -2.20. The fraction of sp³-hybridized carbons (Fsp3) is 0.333. The van der Waals surface area contributed by atoms with Crippen molar-refractivity contribution in [3.63, 3.8) is 0 Å². The molecule has 1 aliphatic rings. The molecule has 0 unspecified atom stereocenters.